The largest absolute Gasteiger partial charge is 0.504 e. The predicted molar refractivity (Wildman–Crippen MR) is 78.6 cm³/mol. The first-order valence-corrected chi connectivity index (χ1v) is 6.50. The fourth-order valence-electron chi connectivity index (χ4n) is 1.53. The van der Waals surface area contributed by atoms with Crippen LogP contribution in [-0.4, -0.2) is 10.2 Å². The molecule has 0 saturated carbocycles. The molecule has 100 valence electrons. The Labute approximate surface area is 125 Å². The molecule has 3 nitrogen and oxygen atoms in total. The Bertz CT molecular complexity index is 617. The number of phenols is 2. The number of benzene rings is 2. The van der Waals surface area contributed by atoms with Crippen molar-refractivity contribution in [2.24, 2.45) is 0 Å². The molecule has 0 heterocycles. The van der Waals surface area contributed by atoms with Crippen molar-refractivity contribution < 1.29 is 10.2 Å². The van der Waals surface area contributed by atoms with E-state index in [2.05, 4.69) is 5.32 Å². The van der Waals surface area contributed by atoms with Crippen molar-refractivity contribution in [3.63, 3.8) is 0 Å². The minimum Gasteiger partial charge on any atom is -0.504 e. The van der Waals surface area contributed by atoms with E-state index < -0.39 is 0 Å². The highest BCUT2D eigenvalue weighted by Gasteiger charge is 2.06. The Morgan fingerprint density at radius 2 is 1.53 bits per heavy atom. The molecule has 0 spiro atoms. The summed E-state index contributed by atoms with van der Waals surface area (Å²) in [4.78, 5) is 0. The van der Waals surface area contributed by atoms with Gasteiger partial charge in [0.2, 0.25) is 0 Å². The Hall–Kier alpha value is -1.29. The molecule has 0 aliphatic carbocycles. The fourth-order valence-corrected chi connectivity index (χ4v) is 2.15. The van der Waals surface area contributed by atoms with Crippen molar-refractivity contribution in [3.8, 4) is 11.5 Å². The maximum Gasteiger partial charge on any atom is 0.157 e. The second kappa shape index (κ2) is 5.78. The normalized spacial score (nSPS) is 10.5. The van der Waals surface area contributed by atoms with Crippen LogP contribution < -0.4 is 5.32 Å². The molecule has 2 aromatic carbocycles. The highest BCUT2D eigenvalue weighted by molar-refractivity contribution is 6.44. The van der Waals surface area contributed by atoms with Crippen molar-refractivity contribution in [1.82, 2.24) is 0 Å². The van der Waals surface area contributed by atoms with Crippen molar-refractivity contribution in [1.29, 1.82) is 0 Å². The SMILES string of the molecule is Oc1ccc(CNc2cc(Cl)c(Cl)cc2Cl)cc1O. The first-order chi connectivity index (χ1) is 8.97. The van der Waals surface area contributed by atoms with Gasteiger partial charge in [0, 0.05) is 6.54 Å². The number of hydrogen-bond donors (Lipinski definition) is 3. The maximum atomic E-state index is 9.39. The molecule has 2 rings (SSSR count). The van der Waals surface area contributed by atoms with Crippen molar-refractivity contribution in [3.05, 3.63) is 51.0 Å². The van der Waals surface area contributed by atoms with Gasteiger partial charge < -0.3 is 15.5 Å². The summed E-state index contributed by atoms with van der Waals surface area (Å²) in [5.74, 6) is -0.323. The summed E-state index contributed by atoms with van der Waals surface area (Å²) in [7, 11) is 0. The van der Waals surface area contributed by atoms with Crippen LogP contribution in [0.3, 0.4) is 0 Å². The van der Waals surface area contributed by atoms with Gasteiger partial charge in [0.1, 0.15) is 0 Å². The first kappa shape index (κ1) is 14.1. The molecular weight excluding hydrogens is 309 g/mol. The zero-order chi connectivity index (χ0) is 14.0. The number of phenolic OH excluding ortho intramolecular Hbond substituents is 2. The summed E-state index contributed by atoms with van der Waals surface area (Å²) in [6.45, 7) is 0.422. The van der Waals surface area contributed by atoms with Crippen molar-refractivity contribution >= 4 is 40.5 Å². The third-order valence-electron chi connectivity index (χ3n) is 2.53. The van der Waals surface area contributed by atoms with Crippen LogP contribution in [0, 0.1) is 0 Å². The minimum absolute atomic E-state index is 0.156. The Kier molecular flexibility index (Phi) is 4.30. The van der Waals surface area contributed by atoms with Gasteiger partial charge in [0.05, 0.1) is 20.8 Å². The average molecular weight is 319 g/mol. The van der Waals surface area contributed by atoms with E-state index >= 15 is 0 Å². The molecule has 0 saturated heterocycles. The summed E-state index contributed by atoms with van der Waals surface area (Å²) >= 11 is 17.8. The second-order valence-corrected chi connectivity index (χ2v) is 5.14. The molecule has 0 aliphatic rings. The number of anilines is 1. The number of rotatable bonds is 3. The highest BCUT2D eigenvalue weighted by atomic mass is 35.5. The smallest absolute Gasteiger partial charge is 0.157 e. The lowest BCUT2D eigenvalue weighted by Gasteiger charge is -2.10. The van der Waals surface area contributed by atoms with Gasteiger partial charge in [-0.25, -0.2) is 0 Å². The van der Waals surface area contributed by atoms with Crippen LogP contribution in [0.2, 0.25) is 15.1 Å². The third kappa shape index (κ3) is 3.38. The summed E-state index contributed by atoms with van der Waals surface area (Å²) in [6.07, 6.45) is 0. The molecule has 0 aromatic heterocycles. The van der Waals surface area contributed by atoms with Gasteiger partial charge in [0.15, 0.2) is 11.5 Å². The van der Waals surface area contributed by atoms with Crippen LogP contribution in [0.15, 0.2) is 30.3 Å². The lowest BCUT2D eigenvalue weighted by molar-refractivity contribution is 0.403. The molecule has 0 unspecified atom stereocenters. The zero-order valence-electron chi connectivity index (χ0n) is 9.62. The summed E-state index contributed by atoms with van der Waals surface area (Å²) in [6, 6.07) is 7.76. The number of nitrogens with one attached hydrogen (secondary N) is 1. The average Bonchev–Trinajstić information content (AvgIpc) is 2.36. The Balaban J connectivity index is 2.14. The molecule has 0 atom stereocenters. The highest BCUT2D eigenvalue weighted by Crippen LogP contribution is 2.32. The van der Waals surface area contributed by atoms with E-state index in [-0.39, 0.29) is 11.5 Å². The lowest BCUT2D eigenvalue weighted by Crippen LogP contribution is -2.00. The van der Waals surface area contributed by atoms with Gasteiger partial charge >= 0.3 is 0 Å². The van der Waals surface area contributed by atoms with Gasteiger partial charge in [-0.2, -0.15) is 0 Å². The fraction of sp³-hybridized carbons (Fsp3) is 0.0769. The molecule has 19 heavy (non-hydrogen) atoms. The molecule has 3 N–H and O–H groups in total. The van der Waals surface area contributed by atoms with Crippen LogP contribution >= 0.6 is 34.8 Å². The van der Waals surface area contributed by atoms with E-state index in [9.17, 15) is 10.2 Å². The van der Waals surface area contributed by atoms with E-state index in [0.717, 1.165) is 5.56 Å². The standard InChI is InChI=1S/C13H10Cl3NO2/c14-8-4-10(16)11(5-9(8)15)17-6-7-1-2-12(18)13(19)3-7/h1-5,17-19H,6H2. The van der Waals surface area contributed by atoms with Gasteiger partial charge in [0.25, 0.3) is 0 Å². The van der Waals surface area contributed by atoms with Gasteiger partial charge in [-0.1, -0.05) is 40.9 Å². The zero-order valence-corrected chi connectivity index (χ0v) is 11.9. The Morgan fingerprint density at radius 3 is 2.21 bits per heavy atom. The number of aromatic hydroxyl groups is 2. The summed E-state index contributed by atoms with van der Waals surface area (Å²) in [5.41, 5.74) is 1.43. The maximum absolute atomic E-state index is 9.39. The molecule has 0 fully saturated rings. The van der Waals surface area contributed by atoms with E-state index in [4.69, 9.17) is 34.8 Å². The van der Waals surface area contributed by atoms with Crippen LogP contribution in [0.25, 0.3) is 0 Å². The predicted octanol–water partition coefficient (Wildman–Crippen LogP) is 4.67. The summed E-state index contributed by atoms with van der Waals surface area (Å²) < 4.78 is 0. The molecule has 6 heteroatoms. The second-order valence-electron chi connectivity index (χ2n) is 3.92. The molecule has 0 bridgehead atoms. The quantitative estimate of drug-likeness (QED) is 0.569. The molecule has 0 aliphatic heterocycles. The lowest BCUT2D eigenvalue weighted by atomic mass is 10.2. The van der Waals surface area contributed by atoms with Crippen molar-refractivity contribution in [2.45, 2.75) is 6.54 Å². The van der Waals surface area contributed by atoms with Crippen molar-refractivity contribution in [2.75, 3.05) is 5.32 Å². The third-order valence-corrected chi connectivity index (χ3v) is 3.57. The molecule has 2 aromatic rings. The molecule has 0 amide bonds. The van der Waals surface area contributed by atoms with Crippen LogP contribution in [0.4, 0.5) is 5.69 Å². The van der Waals surface area contributed by atoms with Gasteiger partial charge in [-0.3, -0.25) is 0 Å². The van der Waals surface area contributed by atoms with E-state index in [1.807, 2.05) is 0 Å². The summed E-state index contributed by atoms with van der Waals surface area (Å²) in [5, 5.41) is 22.9. The number of halogens is 3. The topological polar surface area (TPSA) is 52.5 Å². The van der Waals surface area contributed by atoms with E-state index in [1.54, 1.807) is 18.2 Å². The van der Waals surface area contributed by atoms with Gasteiger partial charge in [-0.15, -0.1) is 0 Å². The molecular formula is C13H10Cl3NO2. The molecule has 0 radical (unpaired) electrons. The van der Waals surface area contributed by atoms with Crippen LogP contribution in [-0.2, 0) is 6.54 Å². The van der Waals surface area contributed by atoms with Crippen LogP contribution in [0.5, 0.6) is 11.5 Å². The minimum atomic E-state index is -0.167. The van der Waals surface area contributed by atoms with Gasteiger partial charge in [-0.05, 0) is 29.8 Å². The first-order valence-electron chi connectivity index (χ1n) is 5.36. The van der Waals surface area contributed by atoms with E-state index in [1.165, 1.54) is 12.1 Å². The Morgan fingerprint density at radius 1 is 0.842 bits per heavy atom. The number of hydrogen-bond acceptors (Lipinski definition) is 3. The monoisotopic (exact) mass is 317 g/mol. The van der Waals surface area contributed by atoms with Crippen LogP contribution in [0.1, 0.15) is 5.56 Å². The van der Waals surface area contributed by atoms with E-state index in [0.29, 0.717) is 27.3 Å².